The van der Waals surface area contributed by atoms with Gasteiger partial charge in [0.1, 0.15) is 0 Å². The lowest BCUT2D eigenvalue weighted by Crippen LogP contribution is -1.84. The molecule has 0 spiro atoms. The van der Waals surface area contributed by atoms with Crippen LogP contribution in [-0.4, -0.2) is 0 Å². The van der Waals surface area contributed by atoms with Gasteiger partial charge < -0.3 is 0 Å². The molecule has 0 nitrogen and oxygen atoms in total. The number of hydrogen-bond acceptors (Lipinski definition) is 0. The first-order valence-electron chi connectivity index (χ1n) is 6.57. The average Bonchev–Trinajstić information content (AvgIpc) is 2.36. The van der Waals surface area contributed by atoms with Gasteiger partial charge in [-0.25, -0.2) is 0 Å². The molecule has 0 aliphatic carbocycles. The van der Waals surface area contributed by atoms with Gasteiger partial charge in [0.15, 0.2) is 0 Å². The molecule has 94 valence electrons. The van der Waals surface area contributed by atoms with Crippen molar-refractivity contribution in [2.24, 2.45) is 0 Å². The topological polar surface area (TPSA) is 0 Å². The monoisotopic (exact) mass is 230 g/mol. The lowest BCUT2D eigenvalue weighted by Gasteiger charge is -1.99. The van der Waals surface area contributed by atoms with Crippen molar-refractivity contribution in [2.75, 3.05) is 0 Å². The van der Waals surface area contributed by atoms with E-state index in [9.17, 15) is 0 Å². The molecule has 0 heteroatoms. The summed E-state index contributed by atoms with van der Waals surface area (Å²) in [7, 11) is 0. The van der Waals surface area contributed by atoms with Gasteiger partial charge >= 0.3 is 0 Å². The normalized spacial score (nSPS) is 9.76. The van der Waals surface area contributed by atoms with Crippen molar-refractivity contribution in [3.05, 3.63) is 60.7 Å². The molecule has 0 aromatic heterocycles. The van der Waals surface area contributed by atoms with Crippen LogP contribution in [0.2, 0.25) is 0 Å². The zero-order valence-electron chi connectivity index (χ0n) is 11.4. The van der Waals surface area contributed by atoms with Gasteiger partial charge in [0.2, 0.25) is 0 Å². The van der Waals surface area contributed by atoms with Gasteiger partial charge in [0.25, 0.3) is 0 Å². The molecule has 17 heavy (non-hydrogen) atoms. The molecule has 0 saturated carbocycles. The van der Waals surface area contributed by atoms with Gasteiger partial charge in [0.05, 0.1) is 0 Å². The molecule has 1 aromatic rings. The second-order valence-corrected chi connectivity index (χ2v) is 4.06. The molecule has 0 aliphatic heterocycles. The van der Waals surface area contributed by atoms with E-state index < -0.39 is 0 Å². The minimum atomic E-state index is 1.23. The van der Waals surface area contributed by atoms with E-state index in [0.717, 1.165) is 0 Å². The Morgan fingerprint density at radius 2 is 1.65 bits per heavy atom. The molecule has 0 aliphatic rings. The van der Waals surface area contributed by atoms with E-state index >= 15 is 0 Å². The van der Waals surface area contributed by atoms with E-state index in [1.54, 1.807) is 6.08 Å². The molecular formula is C17H26. The van der Waals surface area contributed by atoms with Gasteiger partial charge in [-0.2, -0.15) is 0 Å². The highest BCUT2D eigenvalue weighted by Crippen LogP contribution is 2.07. The van der Waals surface area contributed by atoms with Crippen LogP contribution in [0.5, 0.6) is 0 Å². The summed E-state index contributed by atoms with van der Waals surface area (Å²) in [5.74, 6) is 0. The quantitative estimate of drug-likeness (QED) is 0.443. The number of hydrogen-bond donors (Lipinski definition) is 0. The Labute approximate surface area is 107 Å². The molecule has 0 N–H and O–H groups in total. The molecule has 0 atom stereocenters. The smallest absolute Gasteiger partial charge is 0.0279 e. The molecule has 0 saturated heterocycles. The average molecular weight is 230 g/mol. The maximum atomic E-state index is 3.36. The highest BCUT2D eigenvalue weighted by molar-refractivity contribution is 5.14. The predicted molar refractivity (Wildman–Crippen MR) is 79.3 cm³/mol. The van der Waals surface area contributed by atoms with E-state index in [2.05, 4.69) is 56.0 Å². The predicted octanol–water partition coefficient (Wildman–Crippen LogP) is 5.56. The molecule has 1 aromatic carbocycles. The van der Waals surface area contributed by atoms with E-state index in [1.165, 1.54) is 37.7 Å². The Morgan fingerprint density at radius 1 is 1.00 bits per heavy atom. The second-order valence-electron chi connectivity index (χ2n) is 4.06. The van der Waals surface area contributed by atoms with Crippen LogP contribution >= 0.6 is 0 Å². The second kappa shape index (κ2) is 12.8. The van der Waals surface area contributed by atoms with Crippen molar-refractivity contribution in [2.45, 2.75) is 46.0 Å². The highest BCUT2D eigenvalue weighted by atomic mass is 14.0. The minimum Gasteiger partial charge on any atom is -0.103 e. The fourth-order valence-electron chi connectivity index (χ4n) is 1.58. The molecule has 0 bridgehead atoms. The van der Waals surface area contributed by atoms with Crippen LogP contribution in [0.3, 0.4) is 0 Å². The first-order chi connectivity index (χ1) is 8.35. The summed E-state index contributed by atoms with van der Waals surface area (Å²) in [6.07, 6.45) is 12.6. The zero-order chi connectivity index (χ0) is 12.8. The molecule has 0 unspecified atom stereocenters. The first-order valence-corrected chi connectivity index (χ1v) is 6.57. The Kier molecular flexibility index (Phi) is 11.8. The summed E-state index contributed by atoms with van der Waals surface area (Å²) in [5, 5.41) is 0. The largest absolute Gasteiger partial charge is 0.103 e. The number of unbranched alkanes of at least 4 members (excludes halogenated alkanes) is 3. The standard InChI is InChI=1S/C14H20.C3H6/c1-2-3-4-5-6-8-11-14-12-9-7-10-13-14;1-3-2/h2-3,7,9-10,12-13H,4-6,8,11H2,1H3;3H,1H2,2H3/b3-2+;. The summed E-state index contributed by atoms with van der Waals surface area (Å²) < 4.78 is 0. The minimum absolute atomic E-state index is 1.23. The summed E-state index contributed by atoms with van der Waals surface area (Å²) in [5.41, 5.74) is 1.47. The summed E-state index contributed by atoms with van der Waals surface area (Å²) in [6, 6.07) is 10.7. The van der Waals surface area contributed by atoms with Gasteiger partial charge in [-0.15, -0.1) is 6.58 Å². The molecule has 0 radical (unpaired) electrons. The van der Waals surface area contributed by atoms with Gasteiger partial charge in [-0.3, -0.25) is 0 Å². The van der Waals surface area contributed by atoms with Crippen molar-refractivity contribution in [1.82, 2.24) is 0 Å². The SMILES string of the molecule is C/C=C/CCCCCc1ccccc1.C=CC. The van der Waals surface area contributed by atoms with Gasteiger partial charge in [-0.05, 0) is 45.1 Å². The van der Waals surface area contributed by atoms with Crippen LogP contribution in [0, 0.1) is 0 Å². The zero-order valence-corrected chi connectivity index (χ0v) is 11.4. The van der Waals surface area contributed by atoms with Crippen LogP contribution in [0.25, 0.3) is 0 Å². The number of allylic oxidation sites excluding steroid dienone is 3. The number of rotatable bonds is 6. The van der Waals surface area contributed by atoms with Crippen molar-refractivity contribution in [1.29, 1.82) is 0 Å². The lowest BCUT2D eigenvalue weighted by molar-refractivity contribution is 0.687. The maximum Gasteiger partial charge on any atom is -0.0279 e. The van der Waals surface area contributed by atoms with E-state index in [1.807, 2.05) is 6.92 Å². The molecule has 0 heterocycles. The summed E-state index contributed by atoms with van der Waals surface area (Å²) in [4.78, 5) is 0. The van der Waals surface area contributed by atoms with Crippen molar-refractivity contribution in [3.63, 3.8) is 0 Å². The van der Waals surface area contributed by atoms with Crippen LogP contribution in [0.1, 0.15) is 45.1 Å². The summed E-state index contributed by atoms with van der Waals surface area (Å²) in [6.45, 7) is 7.34. The van der Waals surface area contributed by atoms with Crippen LogP contribution in [0.4, 0.5) is 0 Å². The Morgan fingerprint density at radius 3 is 2.24 bits per heavy atom. The van der Waals surface area contributed by atoms with Crippen molar-refractivity contribution in [3.8, 4) is 0 Å². The Balaban J connectivity index is 0.000000770. The van der Waals surface area contributed by atoms with Crippen LogP contribution in [0.15, 0.2) is 55.1 Å². The first kappa shape index (κ1) is 15.7. The third-order valence-corrected chi connectivity index (χ3v) is 2.41. The van der Waals surface area contributed by atoms with Gasteiger partial charge in [-0.1, -0.05) is 55.0 Å². The van der Waals surface area contributed by atoms with Gasteiger partial charge in [0, 0.05) is 0 Å². The maximum absolute atomic E-state index is 3.36. The third kappa shape index (κ3) is 11.0. The Bertz CT molecular complexity index is 282. The molecule has 0 amide bonds. The third-order valence-electron chi connectivity index (χ3n) is 2.41. The highest BCUT2D eigenvalue weighted by Gasteiger charge is 1.91. The fraction of sp³-hybridized carbons (Fsp3) is 0.412. The molecular weight excluding hydrogens is 204 g/mol. The fourth-order valence-corrected chi connectivity index (χ4v) is 1.58. The molecule has 1 rings (SSSR count). The van der Waals surface area contributed by atoms with E-state index in [4.69, 9.17) is 0 Å². The van der Waals surface area contributed by atoms with Crippen molar-refractivity contribution < 1.29 is 0 Å². The van der Waals surface area contributed by atoms with E-state index in [-0.39, 0.29) is 0 Å². The van der Waals surface area contributed by atoms with Crippen LogP contribution in [-0.2, 0) is 6.42 Å². The van der Waals surface area contributed by atoms with Crippen LogP contribution < -0.4 is 0 Å². The molecule has 0 fully saturated rings. The van der Waals surface area contributed by atoms with Crippen molar-refractivity contribution >= 4 is 0 Å². The Hall–Kier alpha value is -1.30. The number of aryl methyl sites for hydroxylation is 1. The number of benzene rings is 1. The van der Waals surface area contributed by atoms with E-state index in [0.29, 0.717) is 0 Å². The summed E-state index contributed by atoms with van der Waals surface area (Å²) >= 11 is 0. The lowest BCUT2D eigenvalue weighted by atomic mass is 10.1.